The minimum absolute atomic E-state index is 0.0789. The van der Waals surface area contributed by atoms with Crippen LogP contribution in [0.4, 0.5) is 10.1 Å². The smallest absolute Gasteiger partial charge is 0.250 e. The molecule has 0 spiro atoms. The number of carbonyl (C=O) groups is 1. The summed E-state index contributed by atoms with van der Waals surface area (Å²) in [6.07, 6.45) is 0.834. The summed E-state index contributed by atoms with van der Waals surface area (Å²) >= 11 is 0. The highest BCUT2D eigenvalue weighted by atomic mass is 19.1. The van der Waals surface area contributed by atoms with Crippen LogP contribution in [0.15, 0.2) is 18.2 Å². The average Bonchev–Trinajstić information content (AvgIpc) is 2.32. The molecular weight excluding hydrogens is 225 g/mol. The summed E-state index contributed by atoms with van der Waals surface area (Å²) in [5.74, 6) is -0.406. The Morgan fingerprint density at radius 2 is 2.24 bits per heavy atom. The van der Waals surface area contributed by atoms with Crippen molar-refractivity contribution in [2.45, 2.75) is 13.3 Å². The Labute approximate surface area is 99.7 Å². The quantitative estimate of drug-likeness (QED) is 0.777. The van der Waals surface area contributed by atoms with Crippen LogP contribution in [-0.4, -0.2) is 26.2 Å². The SMILES string of the molecule is CCCOCC(=O)Nc1cc(OC)ccc1F. The van der Waals surface area contributed by atoms with Crippen LogP contribution in [0.3, 0.4) is 0 Å². The fourth-order valence-corrected chi connectivity index (χ4v) is 1.22. The molecule has 0 radical (unpaired) electrons. The first-order valence-electron chi connectivity index (χ1n) is 5.38. The van der Waals surface area contributed by atoms with Crippen LogP contribution in [0.5, 0.6) is 5.75 Å². The lowest BCUT2D eigenvalue weighted by Crippen LogP contribution is -2.19. The Morgan fingerprint density at radius 3 is 2.88 bits per heavy atom. The molecule has 17 heavy (non-hydrogen) atoms. The van der Waals surface area contributed by atoms with Gasteiger partial charge in [0.15, 0.2) is 0 Å². The third-order valence-corrected chi connectivity index (χ3v) is 2.03. The lowest BCUT2D eigenvalue weighted by molar-refractivity contribution is -0.120. The van der Waals surface area contributed by atoms with Gasteiger partial charge < -0.3 is 14.8 Å². The van der Waals surface area contributed by atoms with Gasteiger partial charge in [0.1, 0.15) is 18.2 Å². The van der Waals surface area contributed by atoms with E-state index < -0.39 is 5.82 Å². The van der Waals surface area contributed by atoms with Gasteiger partial charge in [-0.15, -0.1) is 0 Å². The topological polar surface area (TPSA) is 47.6 Å². The largest absolute Gasteiger partial charge is 0.497 e. The maximum Gasteiger partial charge on any atom is 0.250 e. The first-order chi connectivity index (χ1) is 8.17. The molecule has 0 aliphatic carbocycles. The highest BCUT2D eigenvalue weighted by molar-refractivity contribution is 5.92. The van der Waals surface area contributed by atoms with Crippen LogP contribution in [0, 0.1) is 5.82 Å². The van der Waals surface area contributed by atoms with Crippen molar-refractivity contribution in [2.75, 3.05) is 25.6 Å². The molecule has 94 valence electrons. The van der Waals surface area contributed by atoms with Crippen LogP contribution in [0.25, 0.3) is 0 Å². The third-order valence-electron chi connectivity index (χ3n) is 2.03. The molecule has 0 heterocycles. The van der Waals surface area contributed by atoms with Gasteiger partial charge in [-0.1, -0.05) is 6.92 Å². The van der Waals surface area contributed by atoms with Crippen molar-refractivity contribution in [3.63, 3.8) is 0 Å². The van der Waals surface area contributed by atoms with E-state index in [1.807, 2.05) is 6.92 Å². The predicted octanol–water partition coefficient (Wildman–Crippen LogP) is 2.20. The second kappa shape index (κ2) is 6.85. The van der Waals surface area contributed by atoms with Crippen molar-refractivity contribution in [3.05, 3.63) is 24.0 Å². The number of hydrogen-bond acceptors (Lipinski definition) is 3. The number of ether oxygens (including phenoxy) is 2. The monoisotopic (exact) mass is 241 g/mol. The van der Waals surface area contributed by atoms with Crippen molar-refractivity contribution in [1.29, 1.82) is 0 Å². The maximum absolute atomic E-state index is 13.3. The minimum atomic E-state index is -0.505. The molecule has 0 fully saturated rings. The predicted molar refractivity (Wildman–Crippen MR) is 62.7 cm³/mol. The average molecular weight is 241 g/mol. The fourth-order valence-electron chi connectivity index (χ4n) is 1.22. The number of amides is 1. The molecule has 0 saturated carbocycles. The Hall–Kier alpha value is -1.62. The summed E-state index contributed by atoms with van der Waals surface area (Å²) in [6, 6.07) is 4.15. The zero-order valence-corrected chi connectivity index (χ0v) is 9.96. The second-order valence-corrected chi connectivity index (χ2v) is 3.45. The number of nitrogens with one attached hydrogen (secondary N) is 1. The number of carbonyl (C=O) groups excluding carboxylic acids is 1. The summed E-state index contributed by atoms with van der Waals surface area (Å²) < 4.78 is 23.3. The van der Waals surface area contributed by atoms with E-state index in [1.165, 1.54) is 25.3 Å². The van der Waals surface area contributed by atoms with Gasteiger partial charge in [-0.25, -0.2) is 4.39 Å². The molecule has 0 saturated heterocycles. The van der Waals surface area contributed by atoms with Crippen molar-refractivity contribution < 1.29 is 18.7 Å². The van der Waals surface area contributed by atoms with Crippen LogP contribution < -0.4 is 10.1 Å². The molecule has 4 nitrogen and oxygen atoms in total. The van der Waals surface area contributed by atoms with Gasteiger partial charge in [0, 0.05) is 12.7 Å². The zero-order chi connectivity index (χ0) is 12.7. The Kier molecular flexibility index (Phi) is 5.42. The summed E-state index contributed by atoms with van der Waals surface area (Å²) in [5.41, 5.74) is 0.0921. The Morgan fingerprint density at radius 1 is 1.47 bits per heavy atom. The Bertz CT molecular complexity index is 382. The number of anilines is 1. The molecule has 1 amide bonds. The van der Waals surface area contributed by atoms with Gasteiger partial charge in [-0.3, -0.25) is 4.79 Å². The van der Waals surface area contributed by atoms with Gasteiger partial charge in [-0.2, -0.15) is 0 Å². The Balaban J connectivity index is 2.57. The molecule has 1 aromatic rings. The lowest BCUT2D eigenvalue weighted by Gasteiger charge is -2.08. The molecule has 0 unspecified atom stereocenters. The summed E-state index contributed by atoms with van der Waals surface area (Å²) in [4.78, 5) is 11.4. The second-order valence-electron chi connectivity index (χ2n) is 3.45. The van der Waals surface area contributed by atoms with Crippen molar-refractivity contribution in [2.24, 2.45) is 0 Å². The van der Waals surface area contributed by atoms with E-state index in [4.69, 9.17) is 9.47 Å². The van der Waals surface area contributed by atoms with Crippen molar-refractivity contribution in [3.8, 4) is 5.75 Å². The summed E-state index contributed by atoms with van der Waals surface area (Å²) in [6.45, 7) is 2.37. The van der Waals surface area contributed by atoms with Gasteiger partial charge in [-0.05, 0) is 18.6 Å². The van der Waals surface area contributed by atoms with Crippen LogP contribution in [0.2, 0.25) is 0 Å². The molecule has 0 atom stereocenters. The molecular formula is C12H16FNO3. The van der Waals surface area contributed by atoms with Crippen LogP contribution in [-0.2, 0) is 9.53 Å². The van der Waals surface area contributed by atoms with Crippen LogP contribution in [0.1, 0.15) is 13.3 Å². The van der Waals surface area contributed by atoms with E-state index in [0.29, 0.717) is 12.4 Å². The molecule has 1 N–H and O–H groups in total. The summed E-state index contributed by atoms with van der Waals surface area (Å²) in [5, 5.41) is 2.42. The number of methoxy groups -OCH3 is 1. The van der Waals surface area contributed by atoms with Gasteiger partial charge >= 0.3 is 0 Å². The maximum atomic E-state index is 13.3. The number of rotatable bonds is 6. The van der Waals surface area contributed by atoms with Crippen molar-refractivity contribution in [1.82, 2.24) is 0 Å². The zero-order valence-electron chi connectivity index (χ0n) is 9.96. The lowest BCUT2D eigenvalue weighted by atomic mass is 10.3. The fraction of sp³-hybridized carbons (Fsp3) is 0.417. The van der Waals surface area contributed by atoms with Gasteiger partial charge in [0.25, 0.3) is 0 Å². The van der Waals surface area contributed by atoms with Crippen molar-refractivity contribution >= 4 is 11.6 Å². The highest BCUT2D eigenvalue weighted by Gasteiger charge is 2.08. The highest BCUT2D eigenvalue weighted by Crippen LogP contribution is 2.20. The summed E-state index contributed by atoms with van der Waals surface area (Å²) in [7, 11) is 1.48. The first-order valence-corrected chi connectivity index (χ1v) is 5.38. The van der Waals surface area contributed by atoms with E-state index in [9.17, 15) is 9.18 Å². The first kappa shape index (κ1) is 13.4. The minimum Gasteiger partial charge on any atom is -0.497 e. The number of hydrogen-bond donors (Lipinski definition) is 1. The molecule has 5 heteroatoms. The third kappa shape index (κ3) is 4.40. The van der Waals surface area contributed by atoms with Gasteiger partial charge in [0.05, 0.1) is 12.8 Å². The van der Waals surface area contributed by atoms with E-state index in [1.54, 1.807) is 0 Å². The van der Waals surface area contributed by atoms with Gasteiger partial charge in [0.2, 0.25) is 5.91 Å². The standard InChI is InChI=1S/C12H16FNO3/c1-3-6-17-8-12(15)14-11-7-9(16-2)4-5-10(11)13/h4-5,7H,3,6,8H2,1-2H3,(H,14,15). The number of halogens is 1. The molecule has 0 aliphatic rings. The molecule has 0 bridgehead atoms. The van der Waals surface area contributed by atoms with Crippen LogP contribution >= 0.6 is 0 Å². The van der Waals surface area contributed by atoms with E-state index >= 15 is 0 Å². The van der Waals surface area contributed by atoms with E-state index in [-0.39, 0.29) is 18.2 Å². The molecule has 1 aromatic carbocycles. The normalized spacial score (nSPS) is 10.1. The molecule has 1 rings (SSSR count). The molecule has 0 aromatic heterocycles. The van der Waals surface area contributed by atoms with E-state index in [2.05, 4.69) is 5.32 Å². The number of benzene rings is 1. The van der Waals surface area contributed by atoms with E-state index in [0.717, 1.165) is 6.42 Å². The molecule has 0 aliphatic heterocycles.